The van der Waals surface area contributed by atoms with Gasteiger partial charge in [-0.2, -0.15) is 5.26 Å². The van der Waals surface area contributed by atoms with E-state index in [1.165, 1.54) is 12.1 Å². The van der Waals surface area contributed by atoms with Crippen molar-refractivity contribution in [2.24, 2.45) is 0 Å². The Hall–Kier alpha value is -3.63. The van der Waals surface area contributed by atoms with Gasteiger partial charge < -0.3 is 30.7 Å². The van der Waals surface area contributed by atoms with E-state index >= 15 is 4.39 Å². The van der Waals surface area contributed by atoms with E-state index < -0.39 is 17.2 Å². The minimum atomic E-state index is -0.586. The number of nitriles is 1. The third-order valence-electron chi connectivity index (χ3n) is 9.38. The van der Waals surface area contributed by atoms with Crippen molar-refractivity contribution >= 4 is 43.0 Å². The van der Waals surface area contributed by atoms with Gasteiger partial charge in [0.2, 0.25) is 5.88 Å². The van der Waals surface area contributed by atoms with Gasteiger partial charge in [-0.15, -0.1) is 11.3 Å². The van der Waals surface area contributed by atoms with Crippen LogP contribution in [0, 0.1) is 29.9 Å². The van der Waals surface area contributed by atoms with Crippen LogP contribution >= 0.6 is 11.3 Å². The molecule has 224 valence electrons. The summed E-state index contributed by atoms with van der Waals surface area (Å²) < 4.78 is 38.8. The Bertz CT molecular complexity index is 1850. The number of rotatable bonds is 5. The monoisotopic (exact) mass is 605 g/mol. The first kappa shape index (κ1) is 28.2. The summed E-state index contributed by atoms with van der Waals surface area (Å²) in [7, 11) is 3.96. The number of aromatic nitrogens is 2. The summed E-state index contributed by atoms with van der Waals surface area (Å²) in [5, 5.41) is 25.2. The Morgan fingerprint density at radius 1 is 1.28 bits per heavy atom. The number of fused-ring (bicyclic) bond motifs is 6. The molecule has 4 aromatic rings. The van der Waals surface area contributed by atoms with E-state index in [9.17, 15) is 14.8 Å². The van der Waals surface area contributed by atoms with Crippen molar-refractivity contribution < 1.29 is 18.6 Å². The highest BCUT2D eigenvalue weighted by atomic mass is 32.1. The molecule has 4 N–H and O–H groups in total. The molecule has 2 saturated heterocycles. The van der Waals surface area contributed by atoms with Crippen molar-refractivity contribution in [3.8, 4) is 23.2 Å². The largest absolute Gasteiger partial charge is 0.472 e. The van der Waals surface area contributed by atoms with Crippen LogP contribution in [0.4, 0.5) is 19.6 Å². The molecule has 2 bridgehead atoms. The molecule has 3 aromatic heterocycles. The number of likely N-dealkylation sites (N-methyl/N-ethyl adjacent to an activating group) is 1. The number of pyridine rings is 2. The molecule has 0 aliphatic carbocycles. The van der Waals surface area contributed by atoms with Crippen LogP contribution in [-0.4, -0.2) is 77.5 Å². The molecule has 1 aromatic carbocycles. The lowest BCUT2D eigenvalue weighted by atomic mass is 9.94. The number of aliphatic hydroxyl groups is 1. The number of aryl methyl sites for hydroxylation is 1. The third-order valence-corrected chi connectivity index (χ3v) is 10.4. The topological polar surface area (TPSA) is 124 Å². The van der Waals surface area contributed by atoms with Crippen LogP contribution in [0.25, 0.3) is 32.1 Å². The predicted molar refractivity (Wildman–Crippen MR) is 164 cm³/mol. The van der Waals surface area contributed by atoms with Crippen molar-refractivity contribution in [2.45, 2.75) is 56.8 Å². The van der Waals surface area contributed by atoms with E-state index in [-0.39, 0.29) is 62.6 Å². The lowest BCUT2D eigenvalue weighted by molar-refractivity contribution is 0.115. The Labute approximate surface area is 251 Å². The van der Waals surface area contributed by atoms with Crippen LogP contribution < -0.4 is 20.7 Å². The van der Waals surface area contributed by atoms with E-state index in [1.54, 1.807) is 0 Å². The molecule has 0 radical (unpaired) electrons. The zero-order valence-corrected chi connectivity index (χ0v) is 25.3. The van der Waals surface area contributed by atoms with Crippen molar-refractivity contribution in [3.05, 3.63) is 40.6 Å². The van der Waals surface area contributed by atoms with E-state index in [1.807, 2.05) is 27.9 Å². The molecule has 12 heteroatoms. The maximum absolute atomic E-state index is 17.1. The fourth-order valence-electron chi connectivity index (χ4n) is 7.27. The zero-order chi connectivity index (χ0) is 30.4. The predicted octanol–water partition coefficient (Wildman–Crippen LogP) is 4.11. The van der Waals surface area contributed by atoms with Gasteiger partial charge in [0.15, 0.2) is 5.82 Å². The number of hydrogen-bond acceptors (Lipinski definition) is 10. The zero-order valence-electron chi connectivity index (χ0n) is 24.5. The second-order valence-corrected chi connectivity index (χ2v) is 13.4. The summed E-state index contributed by atoms with van der Waals surface area (Å²) in [6.45, 7) is 5.03. The minimum Gasteiger partial charge on any atom is -0.472 e. The Morgan fingerprint density at radius 2 is 2.07 bits per heavy atom. The molecule has 0 spiro atoms. The number of aliphatic hydroxyl groups excluding tert-OH is 1. The number of benzene rings is 1. The first-order valence-corrected chi connectivity index (χ1v) is 15.3. The van der Waals surface area contributed by atoms with Crippen LogP contribution in [0.2, 0.25) is 0 Å². The number of thiophene rings is 1. The average molecular weight is 606 g/mol. The van der Waals surface area contributed by atoms with Crippen LogP contribution in [0.15, 0.2) is 12.1 Å². The van der Waals surface area contributed by atoms with Crippen LogP contribution in [0.1, 0.15) is 36.6 Å². The highest BCUT2D eigenvalue weighted by Crippen LogP contribution is 2.48. The smallest absolute Gasteiger partial charge is 0.226 e. The molecule has 9 nitrogen and oxygen atoms in total. The van der Waals surface area contributed by atoms with Crippen LogP contribution in [-0.2, 0) is 6.42 Å². The van der Waals surface area contributed by atoms with Gasteiger partial charge in [-0.1, -0.05) is 0 Å². The van der Waals surface area contributed by atoms with Gasteiger partial charge in [0.25, 0.3) is 0 Å². The number of nitrogens with zero attached hydrogens (tertiary/aromatic N) is 5. The first-order chi connectivity index (χ1) is 20.6. The summed E-state index contributed by atoms with van der Waals surface area (Å²) in [6, 6.07) is 4.70. The van der Waals surface area contributed by atoms with Gasteiger partial charge in [-0.3, -0.25) is 0 Å². The van der Waals surface area contributed by atoms with E-state index in [0.717, 1.165) is 29.9 Å². The summed E-state index contributed by atoms with van der Waals surface area (Å²) >= 11 is 0.963. The van der Waals surface area contributed by atoms with Crippen LogP contribution in [0.3, 0.4) is 0 Å². The Kier molecular flexibility index (Phi) is 6.52. The molecule has 7 rings (SSSR count). The Morgan fingerprint density at radius 3 is 2.79 bits per heavy atom. The summed E-state index contributed by atoms with van der Waals surface area (Å²) in [5.74, 6) is -0.278. The maximum Gasteiger partial charge on any atom is 0.226 e. The molecule has 4 unspecified atom stereocenters. The lowest BCUT2D eigenvalue weighted by Gasteiger charge is -2.47. The van der Waals surface area contributed by atoms with Crippen molar-refractivity contribution in [1.29, 1.82) is 5.26 Å². The molecule has 0 amide bonds. The average Bonchev–Trinajstić information content (AvgIpc) is 3.47. The van der Waals surface area contributed by atoms with Crippen molar-refractivity contribution in [1.82, 2.24) is 20.2 Å². The molecule has 4 atom stereocenters. The fraction of sp³-hybridized carbons (Fsp3) is 0.452. The highest BCUT2D eigenvalue weighted by molar-refractivity contribution is 7.23. The standard InChI is InChI=1S/C31H33F2N7O2S/c1-14-19(8-10-39(3)4)36-29-23-21(14)24(33)25(16-5-6-18(32)27-22(16)17(11-34)28(35)43-27)37-30(23)42-15(2)26-20-7-9-31(13-41,38-20)12-40(26)29/h5-6,15,20,26,38,41H,7-10,12-13,35H2,1-4H3. The van der Waals surface area contributed by atoms with Gasteiger partial charge in [0.1, 0.15) is 34.5 Å². The molecule has 2 fully saturated rings. The number of hydrogen-bond donors (Lipinski definition) is 3. The maximum atomic E-state index is 17.1. The number of nitrogen functional groups attached to an aromatic ring is 1. The minimum absolute atomic E-state index is 0.0194. The van der Waals surface area contributed by atoms with Crippen molar-refractivity contribution in [3.63, 3.8) is 0 Å². The highest BCUT2D eigenvalue weighted by Gasteiger charge is 2.53. The second-order valence-electron chi connectivity index (χ2n) is 12.3. The molecule has 0 saturated carbocycles. The molecule has 3 aliphatic heterocycles. The Balaban J connectivity index is 1.55. The van der Waals surface area contributed by atoms with E-state index in [2.05, 4.69) is 21.2 Å². The molecule has 6 heterocycles. The van der Waals surface area contributed by atoms with Gasteiger partial charge in [0, 0.05) is 47.6 Å². The van der Waals surface area contributed by atoms with E-state index in [0.29, 0.717) is 41.7 Å². The molecular formula is C31H33F2N7O2S. The summed E-state index contributed by atoms with van der Waals surface area (Å²) in [6.07, 6.45) is 1.93. The number of halogens is 2. The van der Waals surface area contributed by atoms with Gasteiger partial charge in [-0.05, 0) is 58.5 Å². The quantitative estimate of drug-likeness (QED) is 0.308. The third kappa shape index (κ3) is 4.09. The normalized spacial score (nSPS) is 24.3. The van der Waals surface area contributed by atoms with Crippen molar-refractivity contribution in [2.75, 3.05) is 44.4 Å². The molecule has 43 heavy (non-hydrogen) atoms. The number of anilines is 2. The van der Waals surface area contributed by atoms with Gasteiger partial charge in [-0.25, -0.2) is 18.7 Å². The van der Waals surface area contributed by atoms with E-state index in [4.69, 9.17) is 20.4 Å². The number of nitrogens with one attached hydrogen (secondary N) is 1. The fourth-order valence-corrected chi connectivity index (χ4v) is 8.22. The summed E-state index contributed by atoms with van der Waals surface area (Å²) in [5.41, 5.74) is 7.41. The van der Waals surface area contributed by atoms with Crippen LogP contribution in [0.5, 0.6) is 5.88 Å². The van der Waals surface area contributed by atoms with Gasteiger partial charge in [0.05, 0.1) is 33.8 Å². The first-order valence-electron chi connectivity index (χ1n) is 14.5. The molecule has 3 aliphatic rings. The lowest BCUT2D eigenvalue weighted by Crippen LogP contribution is -2.68. The summed E-state index contributed by atoms with van der Waals surface area (Å²) in [4.78, 5) is 14.2. The SMILES string of the molecule is Cc1c(CCN(C)C)nc2c3c(nc(-c4ccc(F)c5sc(N)c(C#N)c45)c(F)c13)OC(C)C1C3CCC(CO)(CN21)N3. The number of piperazine rings is 1. The second kappa shape index (κ2) is 9.95. The van der Waals surface area contributed by atoms with Gasteiger partial charge >= 0.3 is 0 Å². The number of nitrogens with two attached hydrogens (primary N) is 1. The number of ether oxygens (including phenoxy) is 1. The molecular weight excluding hydrogens is 572 g/mol.